The Kier molecular flexibility index (Phi) is 3.37. The molecule has 0 heteroatoms. The van der Waals surface area contributed by atoms with Gasteiger partial charge in [0.25, 0.3) is 0 Å². The third kappa shape index (κ3) is 1.91. The van der Waals surface area contributed by atoms with Crippen molar-refractivity contribution in [2.75, 3.05) is 0 Å². The predicted molar refractivity (Wildman–Crippen MR) is 55.2 cm³/mol. The highest BCUT2D eigenvalue weighted by atomic mass is 14.4. The van der Waals surface area contributed by atoms with Gasteiger partial charge in [-0.05, 0) is 31.1 Å². The molecule has 0 aromatic rings. The molecule has 1 saturated carbocycles. The van der Waals surface area contributed by atoms with E-state index in [-0.39, 0.29) is 0 Å². The van der Waals surface area contributed by atoms with Gasteiger partial charge in [0, 0.05) is 0 Å². The SMILES string of the molecule is C/C=C/C1(C(C)C)CCCCC1. The lowest BCUT2D eigenvalue weighted by Gasteiger charge is -2.38. The van der Waals surface area contributed by atoms with Gasteiger partial charge in [0.1, 0.15) is 0 Å². The van der Waals surface area contributed by atoms with Crippen LogP contribution in [0.1, 0.15) is 52.9 Å². The van der Waals surface area contributed by atoms with Gasteiger partial charge in [-0.15, -0.1) is 0 Å². The van der Waals surface area contributed by atoms with E-state index in [1.807, 2.05) is 0 Å². The Hall–Kier alpha value is -0.260. The highest BCUT2D eigenvalue weighted by molar-refractivity contribution is 5.01. The van der Waals surface area contributed by atoms with Gasteiger partial charge in [-0.1, -0.05) is 45.3 Å². The number of rotatable bonds is 2. The van der Waals surface area contributed by atoms with Crippen LogP contribution in [0, 0.1) is 11.3 Å². The van der Waals surface area contributed by atoms with Crippen molar-refractivity contribution < 1.29 is 0 Å². The summed E-state index contributed by atoms with van der Waals surface area (Å²) in [5.41, 5.74) is 0.549. The summed E-state index contributed by atoms with van der Waals surface area (Å²) in [5.74, 6) is 0.814. The Balaban J connectivity index is 2.69. The molecule has 1 aliphatic rings. The molecule has 0 aromatic carbocycles. The van der Waals surface area contributed by atoms with Crippen LogP contribution >= 0.6 is 0 Å². The van der Waals surface area contributed by atoms with E-state index in [4.69, 9.17) is 0 Å². The van der Waals surface area contributed by atoms with Gasteiger partial charge < -0.3 is 0 Å². The van der Waals surface area contributed by atoms with E-state index in [0.717, 1.165) is 5.92 Å². The van der Waals surface area contributed by atoms with Crippen molar-refractivity contribution in [1.29, 1.82) is 0 Å². The van der Waals surface area contributed by atoms with Crippen molar-refractivity contribution in [2.24, 2.45) is 11.3 Å². The Morgan fingerprint density at radius 1 is 1.08 bits per heavy atom. The average molecular weight is 166 g/mol. The predicted octanol–water partition coefficient (Wildman–Crippen LogP) is 4.17. The van der Waals surface area contributed by atoms with Gasteiger partial charge in [0.2, 0.25) is 0 Å². The monoisotopic (exact) mass is 166 g/mol. The summed E-state index contributed by atoms with van der Waals surface area (Å²) in [6.07, 6.45) is 11.8. The molecule has 0 unspecified atom stereocenters. The number of hydrogen-bond donors (Lipinski definition) is 0. The Labute approximate surface area is 77.1 Å². The average Bonchev–Trinajstić information content (AvgIpc) is 2.06. The molecular formula is C12H22. The van der Waals surface area contributed by atoms with Crippen molar-refractivity contribution in [3.05, 3.63) is 12.2 Å². The molecule has 1 rings (SSSR count). The molecule has 1 fully saturated rings. The van der Waals surface area contributed by atoms with Crippen LogP contribution in [0.3, 0.4) is 0 Å². The summed E-state index contributed by atoms with van der Waals surface area (Å²) in [5, 5.41) is 0. The van der Waals surface area contributed by atoms with Crippen molar-refractivity contribution in [2.45, 2.75) is 52.9 Å². The van der Waals surface area contributed by atoms with Crippen LogP contribution in [0.5, 0.6) is 0 Å². The lowest BCUT2D eigenvalue weighted by Crippen LogP contribution is -2.27. The van der Waals surface area contributed by atoms with Crippen LogP contribution in [-0.2, 0) is 0 Å². The van der Waals surface area contributed by atoms with Crippen LogP contribution < -0.4 is 0 Å². The molecule has 0 radical (unpaired) electrons. The molecule has 0 aromatic heterocycles. The van der Waals surface area contributed by atoms with Gasteiger partial charge in [-0.3, -0.25) is 0 Å². The first kappa shape index (κ1) is 9.83. The summed E-state index contributed by atoms with van der Waals surface area (Å²) < 4.78 is 0. The second kappa shape index (κ2) is 4.11. The van der Waals surface area contributed by atoms with Crippen molar-refractivity contribution in [3.63, 3.8) is 0 Å². The Bertz CT molecular complexity index is 147. The fourth-order valence-electron chi connectivity index (χ4n) is 2.48. The van der Waals surface area contributed by atoms with E-state index >= 15 is 0 Å². The maximum absolute atomic E-state index is 2.46. The van der Waals surface area contributed by atoms with Gasteiger partial charge >= 0.3 is 0 Å². The maximum atomic E-state index is 2.46. The van der Waals surface area contributed by atoms with Crippen LogP contribution in [0.2, 0.25) is 0 Å². The van der Waals surface area contributed by atoms with E-state index in [9.17, 15) is 0 Å². The first-order chi connectivity index (χ1) is 5.71. The van der Waals surface area contributed by atoms with Crippen LogP contribution in [-0.4, -0.2) is 0 Å². The first-order valence-corrected chi connectivity index (χ1v) is 5.35. The quantitative estimate of drug-likeness (QED) is 0.540. The van der Waals surface area contributed by atoms with Crippen molar-refractivity contribution in [3.8, 4) is 0 Å². The zero-order valence-corrected chi connectivity index (χ0v) is 8.77. The highest BCUT2D eigenvalue weighted by Gasteiger charge is 2.31. The van der Waals surface area contributed by atoms with E-state index in [1.165, 1.54) is 32.1 Å². The lowest BCUT2D eigenvalue weighted by molar-refractivity contribution is 0.181. The second-order valence-corrected chi connectivity index (χ2v) is 4.45. The minimum atomic E-state index is 0.549. The fraction of sp³-hybridized carbons (Fsp3) is 0.833. The first-order valence-electron chi connectivity index (χ1n) is 5.35. The molecule has 0 nitrogen and oxygen atoms in total. The summed E-state index contributed by atoms with van der Waals surface area (Å²) in [6, 6.07) is 0. The molecule has 0 saturated heterocycles. The molecule has 70 valence electrons. The number of hydrogen-bond acceptors (Lipinski definition) is 0. The van der Waals surface area contributed by atoms with Crippen LogP contribution in [0.15, 0.2) is 12.2 Å². The molecule has 0 N–H and O–H groups in total. The smallest absolute Gasteiger partial charge is 0.00953 e. The van der Waals surface area contributed by atoms with E-state index < -0.39 is 0 Å². The minimum absolute atomic E-state index is 0.549. The third-order valence-electron chi connectivity index (χ3n) is 3.43. The Morgan fingerprint density at radius 3 is 2.08 bits per heavy atom. The molecule has 1 aliphatic carbocycles. The molecule has 0 spiro atoms. The largest absolute Gasteiger partial charge is 0.0911 e. The molecule has 0 aliphatic heterocycles. The standard InChI is InChI=1S/C12H22/c1-4-8-12(11(2)3)9-6-5-7-10-12/h4,8,11H,5-7,9-10H2,1-3H3/b8-4+. The van der Waals surface area contributed by atoms with Crippen molar-refractivity contribution >= 4 is 0 Å². The van der Waals surface area contributed by atoms with E-state index in [2.05, 4.69) is 32.9 Å². The van der Waals surface area contributed by atoms with Crippen molar-refractivity contribution in [1.82, 2.24) is 0 Å². The van der Waals surface area contributed by atoms with Gasteiger partial charge in [0.05, 0.1) is 0 Å². The maximum Gasteiger partial charge on any atom is -0.00953 e. The third-order valence-corrected chi connectivity index (χ3v) is 3.43. The molecule has 12 heavy (non-hydrogen) atoms. The van der Waals surface area contributed by atoms with E-state index in [1.54, 1.807) is 0 Å². The molecular weight excluding hydrogens is 144 g/mol. The summed E-state index contributed by atoms with van der Waals surface area (Å²) in [4.78, 5) is 0. The topological polar surface area (TPSA) is 0 Å². The molecule has 0 atom stereocenters. The van der Waals surface area contributed by atoms with Crippen LogP contribution in [0.25, 0.3) is 0 Å². The highest BCUT2D eigenvalue weighted by Crippen LogP contribution is 2.43. The zero-order valence-electron chi connectivity index (χ0n) is 8.77. The second-order valence-electron chi connectivity index (χ2n) is 4.45. The molecule has 0 heterocycles. The molecule has 0 bridgehead atoms. The summed E-state index contributed by atoms with van der Waals surface area (Å²) in [7, 11) is 0. The zero-order chi connectivity index (χ0) is 9.03. The normalized spacial score (nSPS) is 23.7. The van der Waals surface area contributed by atoms with E-state index in [0.29, 0.717) is 5.41 Å². The fourth-order valence-corrected chi connectivity index (χ4v) is 2.48. The van der Waals surface area contributed by atoms with Gasteiger partial charge in [0.15, 0.2) is 0 Å². The van der Waals surface area contributed by atoms with Gasteiger partial charge in [-0.25, -0.2) is 0 Å². The minimum Gasteiger partial charge on any atom is -0.0911 e. The Morgan fingerprint density at radius 2 is 1.67 bits per heavy atom. The summed E-state index contributed by atoms with van der Waals surface area (Å²) in [6.45, 7) is 6.88. The lowest BCUT2D eigenvalue weighted by atomic mass is 9.67. The van der Waals surface area contributed by atoms with Gasteiger partial charge in [-0.2, -0.15) is 0 Å². The molecule has 0 amide bonds. The number of allylic oxidation sites excluding steroid dienone is 2. The summed E-state index contributed by atoms with van der Waals surface area (Å²) >= 11 is 0. The van der Waals surface area contributed by atoms with Crippen LogP contribution in [0.4, 0.5) is 0 Å².